The summed E-state index contributed by atoms with van der Waals surface area (Å²) in [6.45, 7) is 6.83. The number of fused-ring (bicyclic) bond motifs is 5. The minimum atomic E-state index is -0.202. The lowest BCUT2D eigenvalue weighted by Crippen LogP contribution is -2.53. The summed E-state index contributed by atoms with van der Waals surface area (Å²) >= 11 is 0. The van der Waals surface area contributed by atoms with E-state index in [0.29, 0.717) is 41.3 Å². The topological polar surface area (TPSA) is 57.5 Å². The van der Waals surface area contributed by atoms with E-state index < -0.39 is 0 Å². The lowest BCUT2D eigenvalue weighted by Gasteiger charge is -2.55. The van der Waals surface area contributed by atoms with Crippen LogP contribution in [0.15, 0.2) is 0 Å². The van der Waals surface area contributed by atoms with Crippen LogP contribution in [0.2, 0.25) is 0 Å². The summed E-state index contributed by atoms with van der Waals surface area (Å²) in [5.41, 5.74) is 0.109. The van der Waals surface area contributed by atoms with Crippen molar-refractivity contribution in [2.45, 2.75) is 104 Å². The maximum atomic E-state index is 13.4. The third kappa shape index (κ3) is 3.71. The van der Waals surface area contributed by atoms with Gasteiger partial charge in [-0.05, 0) is 105 Å². The fourth-order valence-corrected chi connectivity index (χ4v) is 8.07. The summed E-state index contributed by atoms with van der Waals surface area (Å²) in [6.07, 6.45) is 11.0. The first-order valence-electron chi connectivity index (χ1n) is 12.2. The predicted molar refractivity (Wildman–Crippen MR) is 112 cm³/mol. The van der Waals surface area contributed by atoms with E-state index in [4.69, 9.17) is 0 Å². The molecule has 3 heteroatoms. The number of hydrogen-bond acceptors (Lipinski definition) is 3. The largest absolute Gasteiger partial charge is 0.393 e. The van der Waals surface area contributed by atoms with Crippen LogP contribution in [-0.4, -0.2) is 28.2 Å². The summed E-state index contributed by atoms with van der Waals surface area (Å²) in [4.78, 5) is 13.4. The van der Waals surface area contributed by atoms with Crippen LogP contribution in [0.1, 0.15) is 91.4 Å². The molecule has 0 bridgehead atoms. The Bertz CT molecular complexity index is 572. The second-order valence-electron chi connectivity index (χ2n) is 11.5. The molecule has 6 unspecified atom stereocenters. The van der Waals surface area contributed by atoms with Crippen LogP contribution >= 0.6 is 0 Å². The normalized spacial score (nSPS) is 46.8. The van der Waals surface area contributed by atoms with Gasteiger partial charge in [-0.25, -0.2) is 0 Å². The average Bonchev–Trinajstić information content (AvgIpc) is 2.95. The summed E-state index contributed by atoms with van der Waals surface area (Å²) in [7, 11) is 0. The van der Waals surface area contributed by atoms with Gasteiger partial charge in [0, 0.05) is 12.3 Å². The molecule has 4 aliphatic rings. The Balaban J connectivity index is 1.46. The first-order valence-corrected chi connectivity index (χ1v) is 12.2. The van der Waals surface area contributed by atoms with Crippen LogP contribution in [0.3, 0.4) is 0 Å². The molecular formula is C25H42O3. The van der Waals surface area contributed by atoms with Crippen LogP contribution < -0.4 is 0 Å². The van der Waals surface area contributed by atoms with Crippen molar-refractivity contribution in [2.75, 3.05) is 0 Å². The van der Waals surface area contributed by atoms with E-state index in [9.17, 15) is 15.0 Å². The second kappa shape index (κ2) is 8.02. The molecule has 0 radical (unpaired) electrons. The van der Waals surface area contributed by atoms with Crippen LogP contribution in [0.25, 0.3) is 0 Å². The highest BCUT2D eigenvalue weighted by Crippen LogP contribution is 2.63. The zero-order chi connectivity index (χ0) is 20.1. The molecule has 4 rings (SSSR count). The highest BCUT2D eigenvalue weighted by molar-refractivity contribution is 5.83. The number of hydrogen-bond donors (Lipinski definition) is 2. The van der Waals surface area contributed by atoms with E-state index in [1.54, 1.807) is 0 Å². The van der Waals surface area contributed by atoms with Gasteiger partial charge in [0.05, 0.1) is 12.2 Å². The number of ketones is 1. The van der Waals surface area contributed by atoms with Gasteiger partial charge in [-0.15, -0.1) is 0 Å². The minimum absolute atomic E-state index is 0.109. The molecule has 4 aliphatic carbocycles. The molecule has 0 aromatic rings. The Labute approximate surface area is 171 Å². The SMILES string of the molecule is CC(C)CCC(O)C[C@H]1CCC2C3CCC4C[C@@H](O)CCC4C3C(=O)C[C@@]21C. The Kier molecular flexibility index (Phi) is 5.97. The van der Waals surface area contributed by atoms with Gasteiger partial charge >= 0.3 is 0 Å². The molecule has 0 heterocycles. The van der Waals surface area contributed by atoms with Crippen molar-refractivity contribution in [3.63, 3.8) is 0 Å². The maximum Gasteiger partial charge on any atom is 0.137 e. The summed E-state index contributed by atoms with van der Waals surface area (Å²) in [6, 6.07) is 0. The molecule has 3 nitrogen and oxygen atoms in total. The van der Waals surface area contributed by atoms with Crippen molar-refractivity contribution in [1.29, 1.82) is 0 Å². The monoisotopic (exact) mass is 390 g/mol. The van der Waals surface area contributed by atoms with Gasteiger partial charge in [0.2, 0.25) is 0 Å². The van der Waals surface area contributed by atoms with Gasteiger partial charge in [0.25, 0.3) is 0 Å². The fraction of sp³-hybridized carbons (Fsp3) is 0.960. The Morgan fingerprint density at radius 3 is 2.54 bits per heavy atom. The molecule has 0 spiro atoms. The maximum absolute atomic E-state index is 13.4. The van der Waals surface area contributed by atoms with E-state index in [-0.39, 0.29) is 23.5 Å². The standard InChI is InChI=1S/C25H42O3/c1-15(2)4-7-19(27)13-17-6-11-22-21-9-5-16-12-18(26)8-10-20(16)24(21)23(28)14-25(17,22)3/h15-22,24,26-27H,4-14H2,1-3H3/t16?,17-,18+,19?,20?,21?,22?,24?,25-/m1/s1. The molecular weight excluding hydrogens is 348 g/mol. The minimum Gasteiger partial charge on any atom is -0.393 e. The zero-order valence-electron chi connectivity index (χ0n) is 18.3. The van der Waals surface area contributed by atoms with E-state index >= 15 is 0 Å². The smallest absolute Gasteiger partial charge is 0.137 e. The van der Waals surface area contributed by atoms with Crippen molar-refractivity contribution in [3.05, 3.63) is 0 Å². The third-order valence-electron chi connectivity index (χ3n) is 9.49. The van der Waals surface area contributed by atoms with Crippen LogP contribution in [-0.2, 0) is 4.79 Å². The molecule has 28 heavy (non-hydrogen) atoms. The molecule has 0 amide bonds. The van der Waals surface area contributed by atoms with Gasteiger partial charge in [-0.2, -0.15) is 0 Å². The lowest BCUT2D eigenvalue weighted by atomic mass is 9.49. The molecule has 9 atom stereocenters. The van der Waals surface area contributed by atoms with Crippen molar-refractivity contribution < 1.29 is 15.0 Å². The molecule has 4 saturated carbocycles. The first-order chi connectivity index (χ1) is 13.3. The number of carbonyl (C=O) groups is 1. The highest BCUT2D eigenvalue weighted by Gasteiger charge is 2.59. The van der Waals surface area contributed by atoms with Gasteiger partial charge in [0.1, 0.15) is 5.78 Å². The van der Waals surface area contributed by atoms with Gasteiger partial charge in [-0.3, -0.25) is 4.79 Å². The van der Waals surface area contributed by atoms with Crippen LogP contribution in [0.4, 0.5) is 0 Å². The van der Waals surface area contributed by atoms with Gasteiger partial charge in [0.15, 0.2) is 0 Å². The molecule has 0 aromatic carbocycles. The van der Waals surface area contributed by atoms with Crippen molar-refractivity contribution >= 4 is 5.78 Å². The van der Waals surface area contributed by atoms with Gasteiger partial charge in [-0.1, -0.05) is 20.8 Å². The van der Waals surface area contributed by atoms with Crippen LogP contribution in [0, 0.1) is 46.8 Å². The molecule has 160 valence electrons. The number of Topliss-reactive ketones (excluding diaryl/α,β-unsaturated/α-hetero) is 1. The Hall–Kier alpha value is -0.410. The van der Waals surface area contributed by atoms with Crippen molar-refractivity contribution in [3.8, 4) is 0 Å². The number of aliphatic hydroxyl groups excluding tert-OH is 2. The molecule has 2 N–H and O–H groups in total. The summed E-state index contributed by atoms with van der Waals surface area (Å²) in [5.74, 6) is 4.31. The highest BCUT2D eigenvalue weighted by atomic mass is 16.3. The number of rotatable bonds is 5. The van der Waals surface area contributed by atoms with Crippen molar-refractivity contribution in [2.24, 2.45) is 46.8 Å². The van der Waals surface area contributed by atoms with Crippen LogP contribution in [0.5, 0.6) is 0 Å². The number of aliphatic hydroxyl groups is 2. The number of carbonyl (C=O) groups excluding carboxylic acids is 1. The molecule has 0 aliphatic heterocycles. The Morgan fingerprint density at radius 2 is 1.79 bits per heavy atom. The lowest BCUT2D eigenvalue weighted by molar-refractivity contribution is -0.148. The average molecular weight is 391 g/mol. The Morgan fingerprint density at radius 1 is 1.04 bits per heavy atom. The van der Waals surface area contributed by atoms with E-state index in [1.165, 1.54) is 25.7 Å². The summed E-state index contributed by atoms with van der Waals surface area (Å²) < 4.78 is 0. The fourth-order valence-electron chi connectivity index (χ4n) is 8.07. The molecule has 0 saturated heterocycles. The van der Waals surface area contributed by atoms with E-state index in [2.05, 4.69) is 20.8 Å². The van der Waals surface area contributed by atoms with E-state index in [1.807, 2.05) is 0 Å². The van der Waals surface area contributed by atoms with Crippen molar-refractivity contribution in [1.82, 2.24) is 0 Å². The quantitative estimate of drug-likeness (QED) is 0.696. The predicted octanol–water partition coefficient (Wildman–Crippen LogP) is 4.98. The summed E-state index contributed by atoms with van der Waals surface area (Å²) in [5, 5.41) is 20.7. The molecule has 0 aromatic heterocycles. The molecule has 4 fully saturated rings. The second-order valence-corrected chi connectivity index (χ2v) is 11.5. The van der Waals surface area contributed by atoms with E-state index in [0.717, 1.165) is 44.9 Å². The van der Waals surface area contributed by atoms with Gasteiger partial charge < -0.3 is 10.2 Å². The zero-order valence-corrected chi connectivity index (χ0v) is 18.3. The first kappa shape index (κ1) is 20.8. The third-order valence-corrected chi connectivity index (χ3v) is 9.49.